The van der Waals surface area contributed by atoms with E-state index in [9.17, 15) is 0 Å². The number of aromatic nitrogens is 2. The minimum Gasteiger partial charge on any atom is -0.321 e. The molecule has 2 aromatic heterocycles. The zero-order valence-corrected chi connectivity index (χ0v) is 44.0. The van der Waals surface area contributed by atoms with Gasteiger partial charge in [-0.2, -0.15) is 0 Å². The third-order valence-electron chi connectivity index (χ3n) is 15.5. The van der Waals surface area contributed by atoms with Gasteiger partial charge in [-0.15, -0.1) is 0 Å². The molecule has 0 spiro atoms. The Labute approximate surface area is 442 Å². The van der Waals surface area contributed by atoms with Crippen LogP contribution < -0.4 is 14.7 Å². The van der Waals surface area contributed by atoms with Gasteiger partial charge in [0.2, 0.25) is 0 Å². The maximum Gasteiger partial charge on any atom is 0.137 e. The Morgan fingerprint density at radius 2 is 0.933 bits per heavy atom. The van der Waals surface area contributed by atoms with Gasteiger partial charge in [0.25, 0.3) is 0 Å². The highest BCUT2D eigenvalue weighted by atomic mass is 15.4. The van der Waals surface area contributed by atoms with Crippen LogP contribution in [0.3, 0.4) is 0 Å². The van der Waals surface area contributed by atoms with Crippen molar-refractivity contribution in [2.45, 2.75) is 64.7 Å². The van der Waals surface area contributed by atoms with Crippen LogP contribution in [0.1, 0.15) is 76.3 Å². The minimum atomic E-state index is -0.446. The number of pyridine rings is 1. The van der Waals surface area contributed by atoms with Gasteiger partial charge in [0.1, 0.15) is 12.5 Å². The summed E-state index contributed by atoms with van der Waals surface area (Å²) < 4.78 is 2.37. The molecule has 0 amide bonds. The topological polar surface area (TPSA) is 27.5 Å². The number of hydrogen-bond acceptors (Lipinski definition) is 4. The van der Waals surface area contributed by atoms with E-state index in [4.69, 9.17) is 4.98 Å². The van der Waals surface area contributed by atoms with Crippen LogP contribution in [-0.2, 0) is 16.2 Å². The Bertz CT molecular complexity index is 3780. The number of benzene rings is 9. The van der Waals surface area contributed by atoms with Gasteiger partial charge >= 0.3 is 0 Å². The van der Waals surface area contributed by atoms with Crippen molar-refractivity contribution in [2.75, 3.05) is 21.4 Å². The third kappa shape index (κ3) is 8.62. The summed E-state index contributed by atoms with van der Waals surface area (Å²) in [7, 11) is 0. The van der Waals surface area contributed by atoms with Crippen LogP contribution in [0.2, 0.25) is 0 Å². The molecule has 0 atom stereocenters. The zero-order valence-electron chi connectivity index (χ0n) is 44.0. The van der Waals surface area contributed by atoms with E-state index in [-0.39, 0.29) is 10.8 Å². The Morgan fingerprint density at radius 1 is 0.373 bits per heavy atom. The van der Waals surface area contributed by atoms with Gasteiger partial charge in [0.15, 0.2) is 0 Å². The lowest BCUT2D eigenvalue weighted by molar-refractivity contribution is 0.568. The Morgan fingerprint density at radius 3 is 1.56 bits per heavy atom. The lowest BCUT2D eigenvalue weighted by Gasteiger charge is -2.32. The van der Waals surface area contributed by atoms with Crippen LogP contribution >= 0.6 is 0 Å². The van der Waals surface area contributed by atoms with Crippen molar-refractivity contribution in [1.29, 1.82) is 0 Å². The van der Waals surface area contributed by atoms with Crippen molar-refractivity contribution in [1.82, 2.24) is 9.55 Å². The van der Waals surface area contributed by atoms with Gasteiger partial charge in [-0.25, -0.2) is 4.98 Å². The molecule has 0 N–H and O–H groups in total. The minimum absolute atomic E-state index is 0.000655. The summed E-state index contributed by atoms with van der Waals surface area (Å²) in [5.74, 6) is 0.864. The first-order valence-corrected chi connectivity index (χ1v) is 26.3. The number of nitrogens with zero attached hydrogens (tertiary/aromatic N) is 5. The van der Waals surface area contributed by atoms with Crippen molar-refractivity contribution in [3.63, 3.8) is 0 Å². The summed E-state index contributed by atoms with van der Waals surface area (Å²) in [5.41, 5.74) is 18.3. The third-order valence-corrected chi connectivity index (χ3v) is 15.5. The van der Waals surface area contributed by atoms with Gasteiger partial charge in [0.05, 0.1) is 22.4 Å². The van der Waals surface area contributed by atoms with E-state index in [0.29, 0.717) is 6.67 Å². The van der Waals surface area contributed by atoms with E-state index < -0.39 is 5.41 Å². The van der Waals surface area contributed by atoms with E-state index in [2.05, 4.69) is 304 Å². The number of hydrogen-bond donors (Lipinski definition) is 0. The molecular weight excluding hydrogens is 911 g/mol. The van der Waals surface area contributed by atoms with Gasteiger partial charge in [-0.05, 0) is 148 Å². The van der Waals surface area contributed by atoms with Crippen molar-refractivity contribution in [3.05, 3.63) is 271 Å². The Kier molecular flexibility index (Phi) is 11.8. The highest BCUT2D eigenvalue weighted by Gasteiger charge is 2.33. The maximum atomic E-state index is 5.23. The zero-order chi connectivity index (χ0) is 51.5. The Hall–Kier alpha value is -8.67. The van der Waals surface area contributed by atoms with E-state index in [1.54, 1.807) is 0 Å². The molecule has 0 radical (unpaired) electrons. The van der Waals surface area contributed by atoms with Crippen LogP contribution in [-0.4, -0.2) is 16.2 Å². The van der Waals surface area contributed by atoms with Gasteiger partial charge in [-0.1, -0.05) is 187 Å². The first-order valence-electron chi connectivity index (χ1n) is 26.3. The van der Waals surface area contributed by atoms with E-state index in [1.807, 2.05) is 6.20 Å². The highest BCUT2D eigenvalue weighted by molar-refractivity contribution is 6.11. The fourth-order valence-electron chi connectivity index (χ4n) is 11.2. The van der Waals surface area contributed by atoms with Crippen LogP contribution in [0.25, 0.3) is 38.8 Å². The molecule has 0 unspecified atom stereocenters. The summed E-state index contributed by atoms with van der Waals surface area (Å²) in [6.07, 6.45) is 1.98. The maximum absolute atomic E-state index is 5.23. The number of anilines is 7. The molecule has 11 aromatic rings. The predicted molar refractivity (Wildman–Crippen MR) is 317 cm³/mol. The normalized spacial score (nSPS) is 12.9. The summed E-state index contributed by atoms with van der Waals surface area (Å²) in [6, 6.07) is 86.6. The first kappa shape index (κ1) is 47.3. The molecule has 0 bridgehead atoms. The van der Waals surface area contributed by atoms with Gasteiger partial charge in [-0.3, -0.25) is 4.57 Å². The van der Waals surface area contributed by atoms with Gasteiger partial charge < -0.3 is 14.7 Å². The summed E-state index contributed by atoms with van der Waals surface area (Å²) >= 11 is 0. The van der Waals surface area contributed by atoms with Crippen molar-refractivity contribution in [2.24, 2.45) is 0 Å². The summed E-state index contributed by atoms with van der Waals surface area (Å²) in [6.45, 7) is 16.9. The van der Waals surface area contributed by atoms with E-state index in [0.717, 1.165) is 45.0 Å². The second-order valence-electron chi connectivity index (χ2n) is 22.3. The second-order valence-corrected chi connectivity index (χ2v) is 22.3. The van der Waals surface area contributed by atoms with E-state index in [1.165, 1.54) is 61.4 Å². The molecule has 5 nitrogen and oxygen atoms in total. The van der Waals surface area contributed by atoms with Crippen molar-refractivity contribution >= 4 is 61.6 Å². The van der Waals surface area contributed by atoms with Crippen molar-refractivity contribution < 1.29 is 0 Å². The molecule has 0 fully saturated rings. The second kappa shape index (κ2) is 18.7. The molecule has 75 heavy (non-hydrogen) atoms. The Balaban J connectivity index is 1.01. The number of fused-ring (bicyclic) bond motifs is 4. The molecule has 0 saturated carbocycles. The number of para-hydroxylation sites is 3. The first-order chi connectivity index (χ1) is 36.3. The average molecular weight is 974 g/mol. The molecule has 0 saturated heterocycles. The molecule has 3 heterocycles. The van der Waals surface area contributed by atoms with Crippen LogP contribution in [0.15, 0.2) is 243 Å². The molecule has 1 aliphatic rings. The largest absolute Gasteiger partial charge is 0.321 e. The molecule has 368 valence electrons. The average Bonchev–Trinajstić information content (AvgIpc) is 4.02. The van der Waals surface area contributed by atoms with Crippen molar-refractivity contribution in [3.8, 4) is 16.9 Å². The molecule has 12 rings (SSSR count). The lowest BCUT2D eigenvalue weighted by Crippen LogP contribution is -2.25. The highest BCUT2D eigenvalue weighted by Crippen LogP contribution is 2.48. The van der Waals surface area contributed by atoms with Crippen LogP contribution in [0.4, 0.5) is 39.8 Å². The molecule has 5 heteroatoms. The predicted octanol–water partition coefficient (Wildman–Crippen LogP) is 18.5. The molecule has 0 aliphatic carbocycles. The standard InChI is InChI=1S/C70H63N5/c1-68(2,3)54-42-55(69(4,5)6)44-60(43-54)73-48-72(64-33-20-21-34-65(64)73)57-31-22-32-58(46-57)74(56-29-18-11-19-30-56)59-36-37-61-62-41-50(49-23-12-8-13-24-49)35-38-63(62)75(66(61)47-59)67-45-53(39-40-71-67)70(7,51-25-14-9-15-26-51)52-27-16-10-17-28-52/h8-47H,48H2,1-7H3. The van der Waals surface area contributed by atoms with E-state index >= 15 is 0 Å². The quantitative estimate of drug-likeness (QED) is 0.136. The summed E-state index contributed by atoms with van der Waals surface area (Å²) in [5, 5.41) is 2.33. The smallest absolute Gasteiger partial charge is 0.137 e. The SMILES string of the molecule is CC(C)(C)c1cc(N2CN(c3cccc(N(c4ccccc4)c4ccc5c6cc(-c7ccccc7)ccc6n(-c6cc(C(C)(c7ccccc7)c7ccccc7)ccn6)c5c4)c3)c3ccccc32)cc(C(C)(C)C)c1. The molecule has 9 aromatic carbocycles. The summed E-state index contributed by atoms with van der Waals surface area (Å²) in [4.78, 5) is 12.6. The molecule has 1 aliphatic heterocycles. The van der Waals surface area contributed by atoms with Crippen LogP contribution in [0.5, 0.6) is 0 Å². The lowest BCUT2D eigenvalue weighted by atomic mass is 9.71. The molecular formula is C70H63N5. The number of rotatable bonds is 10. The fourth-order valence-corrected chi connectivity index (χ4v) is 11.2. The monoisotopic (exact) mass is 974 g/mol. The van der Waals surface area contributed by atoms with Crippen LogP contribution in [0, 0.1) is 0 Å². The fraction of sp³-hybridized carbons (Fsp3) is 0.157. The van der Waals surface area contributed by atoms with Gasteiger partial charge in [0, 0.05) is 50.8 Å².